The summed E-state index contributed by atoms with van der Waals surface area (Å²) >= 11 is 1.49. The smallest absolute Gasteiger partial charge is 0.197 e. The van der Waals surface area contributed by atoms with Gasteiger partial charge in [-0.2, -0.15) is 0 Å². The van der Waals surface area contributed by atoms with E-state index in [2.05, 4.69) is 27.7 Å². The molecule has 1 fully saturated rings. The van der Waals surface area contributed by atoms with Gasteiger partial charge < -0.3 is 9.47 Å². The van der Waals surface area contributed by atoms with E-state index >= 15 is 0 Å². The molecular weight excluding hydrogens is 472 g/mol. The number of para-hydroxylation sites is 2. The summed E-state index contributed by atoms with van der Waals surface area (Å²) in [4.78, 5) is 28.5. The van der Waals surface area contributed by atoms with Gasteiger partial charge in [-0.15, -0.1) is 0 Å². The van der Waals surface area contributed by atoms with Crippen LogP contribution in [0.15, 0.2) is 48.5 Å². The first-order chi connectivity index (χ1) is 15.9. The molecule has 3 aliphatic rings. The summed E-state index contributed by atoms with van der Waals surface area (Å²) in [5, 5.41) is 0. The lowest BCUT2D eigenvalue weighted by Gasteiger charge is -2.52. The highest BCUT2D eigenvalue weighted by Gasteiger charge is 2.75. The normalized spacial score (nSPS) is 28.8. The molecule has 1 saturated heterocycles. The average molecular weight is 501 g/mol. The number of fused-ring (bicyclic) bond motifs is 2. The van der Waals surface area contributed by atoms with E-state index in [9.17, 15) is 9.59 Å². The number of carbonyl (C=O) groups excluding carboxylic acids is 2. The van der Waals surface area contributed by atoms with Crippen molar-refractivity contribution in [1.29, 1.82) is 0 Å². The van der Waals surface area contributed by atoms with Crippen molar-refractivity contribution in [3.63, 3.8) is 0 Å². The van der Waals surface area contributed by atoms with Gasteiger partial charge >= 0.3 is 0 Å². The van der Waals surface area contributed by atoms with E-state index in [1.54, 1.807) is 0 Å². The second-order valence-electron chi connectivity index (χ2n) is 8.76. The van der Waals surface area contributed by atoms with Gasteiger partial charge in [0.15, 0.2) is 19.7 Å². The van der Waals surface area contributed by atoms with Crippen LogP contribution in [-0.2, 0) is 0 Å². The maximum Gasteiger partial charge on any atom is 0.197 e. The van der Waals surface area contributed by atoms with Gasteiger partial charge in [0.25, 0.3) is 0 Å². The standard InChI is InChI=1S/C26H28O4S3/c1-5-23(6-2)25(21(27)17-13-9-11-15-19(17)29-23)31-26(33-32-25)22(28)18-14-10-12-16-20(18)30-24(26,7-3)8-4/h9-16H,5-8H2,1-4H3. The molecule has 3 aliphatic heterocycles. The minimum absolute atomic E-state index is 0.0418. The lowest BCUT2D eigenvalue weighted by Crippen LogP contribution is -2.64. The Bertz CT molecular complexity index is 1040. The number of carbonyl (C=O) groups is 2. The average Bonchev–Trinajstić information content (AvgIpc) is 3.27. The van der Waals surface area contributed by atoms with Crippen LogP contribution in [0.4, 0.5) is 0 Å². The fraction of sp³-hybridized carbons (Fsp3) is 0.462. The Morgan fingerprint density at radius 3 is 1.36 bits per heavy atom. The summed E-state index contributed by atoms with van der Waals surface area (Å²) in [5.74, 6) is 1.36. The Hall–Kier alpha value is -1.57. The van der Waals surface area contributed by atoms with Crippen LogP contribution in [0.5, 0.6) is 11.5 Å². The van der Waals surface area contributed by atoms with E-state index in [0.717, 1.165) is 0 Å². The van der Waals surface area contributed by atoms with E-state index in [4.69, 9.17) is 9.47 Å². The van der Waals surface area contributed by atoms with Crippen molar-refractivity contribution in [1.82, 2.24) is 0 Å². The molecule has 0 amide bonds. The Labute approximate surface area is 207 Å². The molecule has 33 heavy (non-hydrogen) atoms. The first-order valence-corrected chi connectivity index (χ1v) is 14.6. The number of rotatable bonds is 4. The summed E-state index contributed by atoms with van der Waals surface area (Å²) in [7, 11) is 3.03. The lowest BCUT2D eigenvalue weighted by atomic mass is 9.83. The van der Waals surface area contributed by atoms with E-state index in [-0.39, 0.29) is 11.6 Å². The third-order valence-electron chi connectivity index (χ3n) is 7.52. The Balaban J connectivity index is 1.72. The number of Topliss-reactive ketones (excluding diaryl/α,β-unsaturated/α-hetero) is 2. The van der Waals surface area contributed by atoms with Crippen LogP contribution < -0.4 is 9.47 Å². The maximum absolute atomic E-state index is 14.3. The highest BCUT2D eigenvalue weighted by Crippen LogP contribution is 2.76. The fourth-order valence-corrected chi connectivity index (χ4v) is 13.3. The summed E-state index contributed by atoms with van der Waals surface area (Å²) < 4.78 is 11.4. The molecule has 2 unspecified atom stereocenters. The van der Waals surface area contributed by atoms with Gasteiger partial charge in [-0.3, -0.25) is 9.59 Å². The van der Waals surface area contributed by atoms with Crippen molar-refractivity contribution >= 4 is 44.9 Å². The van der Waals surface area contributed by atoms with E-state index in [0.29, 0.717) is 48.3 Å². The van der Waals surface area contributed by atoms with E-state index in [1.165, 1.54) is 33.3 Å². The molecule has 2 spiro atoms. The van der Waals surface area contributed by atoms with Crippen molar-refractivity contribution in [2.24, 2.45) is 0 Å². The second-order valence-corrected chi connectivity index (χ2v) is 13.3. The van der Waals surface area contributed by atoms with Crippen LogP contribution in [0.3, 0.4) is 0 Å². The first-order valence-electron chi connectivity index (χ1n) is 11.6. The predicted molar refractivity (Wildman–Crippen MR) is 138 cm³/mol. The van der Waals surface area contributed by atoms with Crippen LogP contribution in [0.2, 0.25) is 0 Å². The molecule has 0 aromatic heterocycles. The summed E-state index contributed by atoms with van der Waals surface area (Å²) in [6.07, 6.45) is 2.66. The van der Waals surface area contributed by atoms with Crippen molar-refractivity contribution in [2.45, 2.75) is 72.7 Å². The molecule has 2 aromatic carbocycles. The Morgan fingerprint density at radius 1 is 0.636 bits per heavy atom. The number of benzene rings is 2. The van der Waals surface area contributed by atoms with E-state index < -0.39 is 19.4 Å². The number of ketones is 2. The van der Waals surface area contributed by atoms with Gasteiger partial charge in [-0.1, -0.05) is 85.3 Å². The van der Waals surface area contributed by atoms with Gasteiger partial charge in [0.05, 0.1) is 11.1 Å². The molecule has 2 aromatic rings. The molecular formula is C26H28O4S3. The molecule has 0 aliphatic carbocycles. The van der Waals surface area contributed by atoms with Crippen LogP contribution >= 0.6 is 33.3 Å². The van der Waals surface area contributed by atoms with Gasteiger partial charge in [-0.25, -0.2) is 0 Å². The quantitative estimate of drug-likeness (QED) is 0.412. The molecule has 7 heteroatoms. The molecule has 0 bridgehead atoms. The molecule has 3 heterocycles. The highest BCUT2D eigenvalue weighted by molar-refractivity contribution is 8.84. The summed E-state index contributed by atoms with van der Waals surface area (Å²) in [5.41, 5.74) is -0.268. The molecule has 4 nitrogen and oxygen atoms in total. The van der Waals surface area contributed by atoms with Crippen molar-refractivity contribution in [2.75, 3.05) is 0 Å². The van der Waals surface area contributed by atoms with Crippen LogP contribution in [0, 0.1) is 0 Å². The van der Waals surface area contributed by atoms with Crippen LogP contribution in [-0.4, -0.2) is 30.9 Å². The number of ether oxygens (including phenoxy) is 2. The predicted octanol–water partition coefficient (Wildman–Crippen LogP) is 7.18. The summed E-state index contributed by atoms with van der Waals surface area (Å²) in [6.45, 7) is 8.30. The zero-order valence-electron chi connectivity index (χ0n) is 19.3. The summed E-state index contributed by atoms with van der Waals surface area (Å²) in [6, 6.07) is 15.0. The zero-order valence-corrected chi connectivity index (χ0v) is 21.8. The largest absolute Gasteiger partial charge is 0.484 e. The minimum Gasteiger partial charge on any atom is -0.484 e. The van der Waals surface area contributed by atoms with Gasteiger partial charge in [0, 0.05) is 0 Å². The number of hydrogen-bond donors (Lipinski definition) is 0. The van der Waals surface area contributed by atoms with Crippen molar-refractivity contribution in [3.05, 3.63) is 59.7 Å². The molecule has 174 valence electrons. The first kappa shape index (κ1) is 23.2. The van der Waals surface area contributed by atoms with Gasteiger partial charge in [0.2, 0.25) is 0 Å². The fourth-order valence-electron chi connectivity index (χ4n) is 5.39. The monoisotopic (exact) mass is 500 g/mol. The zero-order chi connectivity index (χ0) is 23.5. The van der Waals surface area contributed by atoms with Crippen LogP contribution in [0.25, 0.3) is 0 Å². The number of hydrogen-bond acceptors (Lipinski definition) is 7. The van der Waals surface area contributed by atoms with Gasteiger partial charge in [0.1, 0.15) is 22.7 Å². The Morgan fingerprint density at radius 2 is 1.00 bits per heavy atom. The molecule has 2 atom stereocenters. The third-order valence-corrected chi connectivity index (χ3v) is 14.3. The molecule has 0 saturated carbocycles. The topological polar surface area (TPSA) is 52.6 Å². The third kappa shape index (κ3) is 2.82. The van der Waals surface area contributed by atoms with Crippen molar-refractivity contribution in [3.8, 4) is 11.5 Å². The van der Waals surface area contributed by atoms with Gasteiger partial charge in [-0.05, 0) is 49.9 Å². The van der Waals surface area contributed by atoms with Crippen LogP contribution in [0.1, 0.15) is 74.1 Å². The Kier molecular flexibility index (Phi) is 5.61. The highest BCUT2D eigenvalue weighted by atomic mass is 33.1. The molecule has 0 N–H and O–H groups in total. The van der Waals surface area contributed by atoms with Crippen molar-refractivity contribution < 1.29 is 19.1 Å². The second kappa shape index (κ2) is 7.99. The number of thioether (sulfide) groups is 1. The SMILES string of the molecule is CCC1(CC)Oc2ccccc2C(=O)C12SSC1(S2)C(=O)c2ccccc2OC1(CC)CC. The molecule has 5 rings (SSSR count). The minimum atomic E-state index is -0.948. The molecule has 0 radical (unpaired) electrons. The maximum atomic E-state index is 14.3. The lowest BCUT2D eigenvalue weighted by molar-refractivity contribution is 0.0262. The van der Waals surface area contributed by atoms with E-state index in [1.807, 2.05) is 48.5 Å².